The molecule has 194 valence electrons. The molecule has 11 nitrogen and oxygen atoms in total. The largest absolute Gasteiger partial charge is 0.487 e. The molecule has 2 aromatic heterocycles. The van der Waals surface area contributed by atoms with Crippen LogP contribution < -0.4 is 10.1 Å². The van der Waals surface area contributed by atoms with E-state index in [2.05, 4.69) is 25.6 Å². The Morgan fingerprint density at radius 2 is 1.95 bits per heavy atom. The van der Waals surface area contributed by atoms with Crippen LogP contribution in [0.2, 0.25) is 0 Å². The van der Waals surface area contributed by atoms with Crippen molar-refractivity contribution in [2.75, 3.05) is 5.32 Å². The number of hydrogen-bond donors (Lipinski definition) is 1. The zero-order valence-electron chi connectivity index (χ0n) is 19.6. The fourth-order valence-electron chi connectivity index (χ4n) is 3.72. The molecule has 39 heavy (non-hydrogen) atoms. The molecule has 2 heterocycles. The van der Waals surface area contributed by atoms with Crippen LogP contribution in [0, 0.1) is 21.4 Å². The van der Waals surface area contributed by atoms with Crippen molar-refractivity contribution < 1.29 is 22.8 Å². The number of nitro benzene ring substituents is 1. The number of ether oxygens (including phenoxy) is 1. The number of rotatable bonds is 7. The van der Waals surface area contributed by atoms with Crippen LogP contribution >= 0.6 is 0 Å². The highest BCUT2D eigenvalue weighted by molar-refractivity contribution is 5.91. The molecule has 0 aliphatic carbocycles. The number of aromatic nitrogens is 5. The fraction of sp³-hybridized carbons (Fsp3) is 0.0800. The van der Waals surface area contributed by atoms with Crippen molar-refractivity contribution in [1.82, 2.24) is 25.0 Å². The standard InChI is InChI=1S/C25H15F3N8O3/c26-25(27,28)22-6-4-18(8-15(22)11-29)35-12-17(33-34-35)13-39-20-5-7-23-21(10-20)24(31-14-30-23)32-16-2-1-3-19(9-16)36(37)38/h1-10,12,14H,13H2,(H,30,31,32). The fourth-order valence-corrected chi connectivity index (χ4v) is 3.72. The summed E-state index contributed by atoms with van der Waals surface area (Å²) in [5, 5.41) is 31.8. The molecule has 3 aromatic carbocycles. The first-order valence-electron chi connectivity index (χ1n) is 11.1. The number of halogens is 3. The number of nitriles is 1. The number of hydrogen-bond acceptors (Lipinski definition) is 9. The van der Waals surface area contributed by atoms with E-state index in [-0.39, 0.29) is 18.0 Å². The van der Waals surface area contributed by atoms with Crippen molar-refractivity contribution in [3.63, 3.8) is 0 Å². The quantitative estimate of drug-likeness (QED) is 0.217. The van der Waals surface area contributed by atoms with E-state index in [1.165, 1.54) is 35.4 Å². The van der Waals surface area contributed by atoms with Crippen LogP contribution in [-0.2, 0) is 12.8 Å². The maximum absolute atomic E-state index is 13.1. The first kappa shape index (κ1) is 25.1. The third-order valence-electron chi connectivity index (χ3n) is 5.55. The monoisotopic (exact) mass is 532 g/mol. The minimum Gasteiger partial charge on any atom is -0.487 e. The van der Waals surface area contributed by atoms with E-state index >= 15 is 0 Å². The predicted molar refractivity (Wildman–Crippen MR) is 131 cm³/mol. The van der Waals surface area contributed by atoms with Crippen molar-refractivity contribution in [2.24, 2.45) is 0 Å². The smallest absolute Gasteiger partial charge is 0.417 e. The highest BCUT2D eigenvalue weighted by atomic mass is 19.4. The molecule has 5 aromatic rings. The lowest BCUT2D eigenvalue weighted by Gasteiger charge is -2.10. The zero-order chi connectivity index (χ0) is 27.6. The van der Waals surface area contributed by atoms with Gasteiger partial charge in [-0.25, -0.2) is 14.6 Å². The molecule has 0 saturated carbocycles. The molecule has 1 N–H and O–H groups in total. The summed E-state index contributed by atoms with van der Waals surface area (Å²) in [6.07, 6.45) is -1.81. The normalized spacial score (nSPS) is 11.2. The molecule has 0 atom stereocenters. The molecule has 0 unspecified atom stereocenters. The van der Waals surface area contributed by atoms with E-state index in [9.17, 15) is 23.3 Å². The Bertz CT molecular complexity index is 1750. The molecule has 0 fully saturated rings. The van der Waals surface area contributed by atoms with Crippen LogP contribution in [0.1, 0.15) is 16.8 Å². The summed E-state index contributed by atoms with van der Waals surface area (Å²) in [6.45, 7) is -0.0153. The van der Waals surface area contributed by atoms with Gasteiger partial charge in [0.2, 0.25) is 0 Å². The van der Waals surface area contributed by atoms with Gasteiger partial charge in [0.25, 0.3) is 5.69 Å². The molecule has 0 amide bonds. The SMILES string of the molecule is N#Cc1cc(-n2cc(COc3ccc4ncnc(Nc5cccc([N+](=O)[O-])c5)c4c3)nn2)ccc1C(F)(F)F. The summed E-state index contributed by atoms with van der Waals surface area (Å²) in [6, 6.07) is 15.7. The number of non-ortho nitro benzene ring substituents is 1. The van der Waals surface area contributed by atoms with Crippen LogP contribution in [0.15, 0.2) is 73.2 Å². The van der Waals surface area contributed by atoms with Gasteiger partial charge in [-0.3, -0.25) is 10.1 Å². The van der Waals surface area contributed by atoms with Crippen molar-refractivity contribution in [3.05, 3.63) is 100 Å². The summed E-state index contributed by atoms with van der Waals surface area (Å²) in [5.74, 6) is 0.850. The molecule has 0 bridgehead atoms. The van der Waals surface area contributed by atoms with Crippen molar-refractivity contribution in [3.8, 4) is 17.5 Å². The first-order chi connectivity index (χ1) is 18.7. The number of anilines is 2. The Kier molecular flexibility index (Phi) is 6.47. The topological polar surface area (TPSA) is 145 Å². The van der Waals surface area contributed by atoms with Crippen LogP contribution in [0.3, 0.4) is 0 Å². The Balaban J connectivity index is 1.34. The molecular weight excluding hydrogens is 517 g/mol. The van der Waals surface area contributed by atoms with Gasteiger partial charge >= 0.3 is 6.18 Å². The van der Waals surface area contributed by atoms with E-state index in [4.69, 9.17) is 10.00 Å². The van der Waals surface area contributed by atoms with Gasteiger partial charge in [0.1, 0.15) is 30.2 Å². The van der Waals surface area contributed by atoms with Gasteiger partial charge in [-0.1, -0.05) is 11.3 Å². The minimum atomic E-state index is -4.65. The third kappa shape index (κ3) is 5.42. The second-order valence-corrected chi connectivity index (χ2v) is 8.12. The van der Waals surface area contributed by atoms with Gasteiger partial charge < -0.3 is 10.1 Å². The highest BCUT2D eigenvalue weighted by Crippen LogP contribution is 2.33. The second-order valence-electron chi connectivity index (χ2n) is 8.12. The number of fused-ring (bicyclic) bond motifs is 1. The molecular formula is C25H15F3N8O3. The van der Waals surface area contributed by atoms with Crippen LogP contribution in [0.4, 0.5) is 30.4 Å². The molecule has 0 spiro atoms. The lowest BCUT2D eigenvalue weighted by atomic mass is 10.1. The Morgan fingerprint density at radius 1 is 1.10 bits per heavy atom. The number of benzene rings is 3. The van der Waals surface area contributed by atoms with E-state index in [1.807, 2.05) is 0 Å². The summed E-state index contributed by atoms with van der Waals surface area (Å²) in [7, 11) is 0. The number of alkyl halides is 3. The van der Waals surface area contributed by atoms with Crippen LogP contribution in [0.5, 0.6) is 5.75 Å². The summed E-state index contributed by atoms with van der Waals surface area (Å²) in [4.78, 5) is 19.1. The van der Waals surface area contributed by atoms with Crippen molar-refractivity contribution in [1.29, 1.82) is 5.26 Å². The van der Waals surface area contributed by atoms with E-state index in [0.717, 1.165) is 12.1 Å². The van der Waals surface area contributed by atoms with Gasteiger partial charge in [-0.15, -0.1) is 5.10 Å². The highest BCUT2D eigenvalue weighted by Gasteiger charge is 2.33. The van der Waals surface area contributed by atoms with Gasteiger partial charge in [0.05, 0.1) is 39.5 Å². The van der Waals surface area contributed by atoms with Crippen LogP contribution in [-0.4, -0.2) is 29.9 Å². The van der Waals surface area contributed by atoms with Gasteiger partial charge in [0, 0.05) is 23.2 Å². The van der Waals surface area contributed by atoms with Crippen molar-refractivity contribution >= 4 is 28.1 Å². The Labute approximate surface area is 217 Å². The Hall–Kier alpha value is -5.58. The zero-order valence-corrected chi connectivity index (χ0v) is 19.6. The van der Waals surface area contributed by atoms with Crippen molar-refractivity contribution in [2.45, 2.75) is 12.8 Å². The van der Waals surface area contributed by atoms with Gasteiger partial charge in [0.15, 0.2) is 0 Å². The summed E-state index contributed by atoms with van der Waals surface area (Å²) < 4.78 is 46.3. The number of nitrogens with zero attached hydrogens (tertiary/aromatic N) is 7. The molecule has 0 saturated heterocycles. The lowest BCUT2D eigenvalue weighted by Crippen LogP contribution is -2.08. The summed E-state index contributed by atoms with van der Waals surface area (Å²) >= 11 is 0. The van der Waals surface area contributed by atoms with E-state index in [0.29, 0.717) is 33.9 Å². The molecule has 0 aliphatic rings. The average Bonchev–Trinajstić information content (AvgIpc) is 3.40. The predicted octanol–water partition coefficient (Wildman–Crippen LogP) is 5.33. The van der Waals surface area contributed by atoms with Crippen LogP contribution in [0.25, 0.3) is 16.6 Å². The Morgan fingerprint density at radius 3 is 2.72 bits per heavy atom. The lowest BCUT2D eigenvalue weighted by molar-refractivity contribution is -0.384. The third-order valence-corrected chi connectivity index (χ3v) is 5.55. The van der Waals surface area contributed by atoms with E-state index in [1.54, 1.807) is 36.4 Å². The minimum absolute atomic E-state index is 0.0153. The first-order valence-corrected chi connectivity index (χ1v) is 11.1. The summed E-state index contributed by atoms with van der Waals surface area (Å²) in [5.41, 5.74) is 0.0568. The van der Waals surface area contributed by atoms with Gasteiger partial charge in [-0.05, 0) is 42.5 Å². The maximum Gasteiger partial charge on any atom is 0.417 e. The van der Waals surface area contributed by atoms with E-state index < -0.39 is 22.2 Å². The second kappa shape index (κ2) is 10.1. The average molecular weight is 532 g/mol. The molecule has 5 rings (SSSR count). The molecule has 0 aliphatic heterocycles. The van der Waals surface area contributed by atoms with Gasteiger partial charge in [-0.2, -0.15) is 18.4 Å². The molecule has 14 heteroatoms. The number of nitrogens with one attached hydrogen (secondary N) is 1. The molecule has 0 radical (unpaired) electrons. The maximum atomic E-state index is 13.1. The number of nitro groups is 1.